The molecule has 0 aliphatic carbocycles. The first-order valence-corrected chi connectivity index (χ1v) is 10.7. The Kier molecular flexibility index (Phi) is 7.78. The normalized spacial score (nSPS) is 15.8. The smallest absolute Gasteiger partial charge is 0.260 e. The summed E-state index contributed by atoms with van der Waals surface area (Å²) in [7, 11) is 0. The number of carbonyl (C=O) groups is 1. The van der Waals surface area contributed by atoms with E-state index >= 15 is 0 Å². The third kappa shape index (κ3) is 6.26. The molecule has 1 aromatic heterocycles. The minimum atomic E-state index is -0.444. The van der Waals surface area contributed by atoms with Crippen molar-refractivity contribution in [2.75, 3.05) is 44.7 Å². The van der Waals surface area contributed by atoms with Crippen LogP contribution in [0.5, 0.6) is 0 Å². The molecule has 0 bridgehead atoms. The quantitative estimate of drug-likeness (QED) is 0.241. The Balaban J connectivity index is 1.31. The van der Waals surface area contributed by atoms with Gasteiger partial charge in [0.1, 0.15) is 19.1 Å². The first-order chi connectivity index (χ1) is 13.6. The fourth-order valence-corrected chi connectivity index (χ4v) is 4.01. The molecule has 0 saturated carbocycles. The molecule has 1 amide bonds. The predicted octanol–water partition coefficient (Wildman–Crippen LogP) is -0.103. The second-order valence-corrected chi connectivity index (χ2v) is 8.13. The van der Waals surface area contributed by atoms with E-state index in [1.807, 2.05) is 24.3 Å². The number of ether oxygens (including phenoxy) is 1. The van der Waals surface area contributed by atoms with Gasteiger partial charge in [-0.05, 0) is 31.3 Å². The van der Waals surface area contributed by atoms with Gasteiger partial charge in [-0.3, -0.25) is 15.6 Å². The van der Waals surface area contributed by atoms with Gasteiger partial charge in [0.15, 0.2) is 10.2 Å². The number of quaternary nitrogens is 1. The van der Waals surface area contributed by atoms with Crippen molar-refractivity contribution in [2.45, 2.75) is 19.4 Å². The second-order valence-electron chi connectivity index (χ2n) is 6.69. The number of hydrogen-bond acceptors (Lipinski definition) is 6. The molecule has 0 radical (unpaired) electrons. The van der Waals surface area contributed by atoms with Crippen LogP contribution in [0.1, 0.15) is 13.3 Å². The highest BCUT2D eigenvalue weighted by molar-refractivity contribution is 7.80. The average Bonchev–Trinajstić information content (AvgIpc) is 3.12. The van der Waals surface area contributed by atoms with E-state index in [0.29, 0.717) is 5.11 Å². The number of fused-ring (bicyclic) bond motifs is 1. The van der Waals surface area contributed by atoms with Gasteiger partial charge in [0.05, 0.1) is 30.0 Å². The minimum Gasteiger partial charge on any atom is -0.370 e. The number of nitrogens with one attached hydrogen (secondary N) is 5. The Bertz CT molecular complexity index is 760. The molecule has 3 rings (SSSR count). The van der Waals surface area contributed by atoms with Crippen LogP contribution >= 0.6 is 23.6 Å². The van der Waals surface area contributed by atoms with Crippen LogP contribution in [0.25, 0.3) is 10.2 Å². The molecule has 2 aromatic rings. The fourth-order valence-electron chi connectivity index (χ4n) is 2.91. The van der Waals surface area contributed by atoms with Crippen LogP contribution in [-0.4, -0.2) is 61.4 Å². The van der Waals surface area contributed by atoms with Crippen molar-refractivity contribution in [1.29, 1.82) is 0 Å². The van der Waals surface area contributed by atoms with Crippen LogP contribution in [-0.2, 0) is 9.53 Å². The number of hydrazine groups is 1. The van der Waals surface area contributed by atoms with Crippen LogP contribution in [0.3, 0.4) is 0 Å². The monoisotopic (exact) mass is 423 g/mol. The molecule has 152 valence electrons. The van der Waals surface area contributed by atoms with Crippen molar-refractivity contribution >= 4 is 49.9 Å². The van der Waals surface area contributed by atoms with E-state index in [2.05, 4.69) is 26.5 Å². The lowest BCUT2D eigenvalue weighted by Crippen LogP contribution is -3.14. The zero-order valence-electron chi connectivity index (χ0n) is 15.9. The number of rotatable bonds is 7. The van der Waals surface area contributed by atoms with Crippen LogP contribution in [0.15, 0.2) is 24.3 Å². The summed E-state index contributed by atoms with van der Waals surface area (Å²) in [5.41, 5.74) is 6.30. The van der Waals surface area contributed by atoms with Crippen molar-refractivity contribution in [3.8, 4) is 0 Å². The highest BCUT2D eigenvalue weighted by Gasteiger charge is 2.15. The van der Waals surface area contributed by atoms with E-state index in [1.54, 1.807) is 11.8 Å². The minimum absolute atomic E-state index is 0.207. The summed E-state index contributed by atoms with van der Waals surface area (Å²) in [6, 6.07) is 7.44. The van der Waals surface area contributed by atoms with E-state index in [9.17, 15) is 4.79 Å². The van der Waals surface area contributed by atoms with E-state index in [4.69, 9.17) is 17.0 Å². The van der Waals surface area contributed by atoms with E-state index < -0.39 is 6.04 Å². The van der Waals surface area contributed by atoms with Gasteiger partial charge in [-0.2, -0.15) is 0 Å². The summed E-state index contributed by atoms with van der Waals surface area (Å²) >= 11 is 6.73. The lowest BCUT2D eigenvalue weighted by atomic mass is 10.3. The summed E-state index contributed by atoms with van der Waals surface area (Å²) in [6.45, 7) is 7.47. The van der Waals surface area contributed by atoms with Gasteiger partial charge in [-0.25, -0.2) is 4.98 Å². The number of benzene rings is 1. The van der Waals surface area contributed by atoms with Crippen LogP contribution in [0.2, 0.25) is 0 Å². The maximum absolute atomic E-state index is 12.2. The molecule has 8 nitrogen and oxygen atoms in total. The molecule has 5 N–H and O–H groups in total. The third-order valence-electron chi connectivity index (χ3n) is 4.52. The highest BCUT2D eigenvalue weighted by atomic mass is 32.1. The van der Waals surface area contributed by atoms with Gasteiger partial charge in [0.2, 0.25) is 0 Å². The first-order valence-electron chi connectivity index (χ1n) is 9.49. The highest BCUT2D eigenvalue weighted by Crippen LogP contribution is 2.25. The predicted molar refractivity (Wildman–Crippen MR) is 116 cm³/mol. The molecule has 1 fully saturated rings. The van der Waals surface area contributed by atoms with E-state index in [0.717, 1.165) is 61.2 Å². The zero-order valence-corrected chi connectivity index (χ0v) is 17.5. The number of hydrogen-bond donors (Lipinski definition) is 5. The summed E-state index contributed by atoms with van der Waals surface area (Å²) in [5.74, 6) is -0.207. The Morgan fingerprint density at radius 2 is 2.11 bits per heavy atom. The summed E-state index contributed by atoms with van der Waals surface area (Å²) in [4.78, 5) is 18.3. The third-order valence-corrected chi connectivity index (χ3v) is 5.73. The lowest BCUT2D eigenvalue weighted by Gasteiger charge is -2.23. The maximum Gasteiger partial charge on any atom is 0.260 e. The molecule has 1 aliphatic rings. The summed E-state index contributed by atoms with van der Waals surface area (Å²) in [5, 5.41) is 7.37. The Morgan fingerprint density at radius 3 is 2.89 bits per heavy atom. The number of morpholine rings is 1. The summed E-state index contributed by atoms with van der Waals surface area (Å²) in [6.07, 6.45) is 1.01. The molecule has 1 saturated heterocycles. The van der Waals surface area contributed by atoms with Gasteiger partial charge >= 0.3 is 0 Å². The lowest BCUT2D eigenvalue weighted by molar-refractivity contribution is -0.908. The molecule has 28 heavy (non-hydrogen) atoms. The van der Waals surface area contributed by atoms with Crippen molar-refractivity contribution < 1.29 is 14.4 Å². The number of amides is 1. The Morgan fingerprint density at radius 1 is 1.32 bits per heavy atom. The van der Waals surface area contributed by atoms with Gasteiger partial charge in [0, 0.05) is 13.0 Å². The molecule has 1 aromatic carbocycles. The standard InChI is InChI=1S/C18H26N6O2S2/c1-13(20-18-21-14-5-2-3-6-15(14)28-18)16(25)22-23-17(27)19-7-4-8-24-9-11-26-12-10-24/h2-3,5-6,13H,4,7-12H2,1H3,(H,20,21)(H,22,25)(H2,19,23,27)/p+1/t13-/m1/s1. The van der Waals surface area contributed by atoms with Gasteiger partial charge < -0.3 is 20.3 Å². The number of aromatic nitrogens is 1. The van der Waals surface area contributed by atoms with Gasteiger partial charge in [-0.15, -0.1) is 0 Å². The molecule has 1 atom stereocenters. The Hall–Kier alpha value is -2.01. The number of nitrogens with zero attached hydrogens (tertiary/aromatic N) is 1. The molecular formula is C18H27N6O2S2+. The second kappa shape index (κ2) is 10.5. The van der Waals surface area contributed by atoms with Crippen molar-refractivity contribution in [3.63, 3.8) is 0 Å². The molecular weight excluding hydrogens is 396 g/mol. The number of anilines is 1. The van der Waals surface area contributed by atoms with Crippen molar-refractivity contribution in [2.24, 2.45) is 0 Å². The number of thiocarbonyl (C=S) groups is 1. The van der Waals surface area contributed by atoms with Crippen LogP contribution in [0, 0.1) is 0 Å². The topological polar surface area (TPSA) is 91.8 Å². The number of para-hydroxylation sites is 1. The largest absolute Gasteiger partial charge is 0.370 e. The molecule has 0 spiro atoms. The average molecular weight is 424 g/mol. The fraction of sp³-hybridized carbons (Fsp3) is 0.500. The van der Waals surface area contributed by atoms with Gasteiger partial charge in [0.25, 0.3) is 5.91 Å². The zero-order chi connectivity index (χ0) is 19.8. The number of carbonyl (C=O) groups excluding carboxylic acids is 1. The van der Waals surface area contributed by atoms with E-state index in [1.165, 1.54) is 11.3 Å². The van der Waals surface area contributed by atoms with Gasteiger partial charge in [-0.1, -0.05) is 23.5 Å². The van der Waals surface area contributed by atoms with E-state index in [-0.39, 0.29) is 5.91 Å². The number of thiazole rings is 1. The molecule has 0 unspecified atom stereocenters. The first kappa shape index (κ1) is 20.7. The Labute approximate surface area is 174 Å². The molecule has 10 heteroatoms. The van der Waals surface area contributed by atoms with Crippen LogP contribution in [0.4, 0.5) is 5.13 Å². The molecule has 1 aliphatic heterocycles. The van der Waals surface area contributed by atoms with Crippen molar-refractivity contribution in [1.82, 2.24) is 21.2 Å². The SMILES string of the molecule is C[C@@H](Nc1nc2ccccc2s1)C(=O)NNC(=S)NCCC[NH+]1CCOCC1. The van der Waals surface area contributed by atoms with Crippen molar-refractivity contribution in [3.05, 3.63) is 24.3 Å². The maximum atomic E-state index is 12.2. The molecule has 2 heterocycles. The summed E-state index contributed by atoms with van der Waals surface area (Å²) < 4.78 is 6.44. The van der Waals surface area contributed by atoms with Crippen LogP contribution < -0.4 is 26.4 Å².